The second-order valence-corrected chi connectivity index (χ2v) is 8.78. The van der Waals surface area contributed by atoms with Gasteiger partial charge in [0.25, 0.3) is 11.7 Å². The Bertz CT molecular complexity index is 1350. The fourth-order valence-corrected chi connectivity index (χ4v) is 4.45. The summed E-state index contributed by atoms with van der Waals surface area (Å²) in [5.41, 5.74) is 0.865. The molecule has 1 saturated heterocycles. The first-order valence-electron chi connectivity index (χ1n) is 12.0. The second kappa shape index (κ2) is 11.9. The summed E-state index contributed by atoms with van der Waals surface area (Å²) in [7, 11) is 3.11. The SMILES string of the molecule is CCOc1cc(/C(O)=C2/C(=O)C(=O)N(CCOc3ccc(OC)cc3)C2c2cccc(OC)c2)ccc1Cl. The number of benzene rings is 3. The fourth-order valence-electron chi connectivity index (χ4n) is 4.27. The Kier molecular flexibility index (Phi) is 8.43. The van der Waals surface area contributed by atoms with Gasteiger partial charge in [-0.3, -0.25) is 9.59 Å². The zero-order chi connectivity index (χ0) is 27.2. The molecule has 1 atom stereocenters. The topological polar surface area (TPSA) is 94.5 Å². The predicted molar refractivity (Wildman–Crippen MR) is 143 cm³/mol. The maximum absolute atomic E-state index is 13.3. The van der Waals surface area contributed by atoms with Crippen LogP contribution in [-0.2, 0) is 9.59 Å². The van der Waals surface area contributed by atoms with Crippen LogP contribution >= 0.6 is 11.6 Å². The number of carbonyl (C=O) groups excluding carboxylic acids is 2. The molecule has 0 aliphatic carbocycles. The van der Waals surface area contributed by atoms with E-state index in [4.69, 9.17) is 30.5 Å². The molecule has 1 unspecified atom stereocenters. The van der Waals surface area contributed by atoms with E-state index in [1.807, 2.05) is 6.92 Å². The molecule has 0 saturated carbocycles. The summed E-state index contributed by atoms with van der Waals surface area (Å²) in [4.78, 5) is 27.9. The standard InChI is InChI=1S/C29H28ClNO7/c1-4-37-24-17-19(8-13-23(24)30)27(32)25-26(18-6-5-7-22(16-18)36-3)31(29(34)28(25)33)14-15-38-21-11-9-20(35-2)10-12-21/h5-13,16-17,26,32H,4,14-15H2,1-3H3/b27-25-. The van der Waals surface area contributed by atoms with Crippen LogP contribution in [0.25, 0.3) is 5.76 Å². The van der Waals surface area contributed by atoms with Crippen molar-refractivity contribution < 1.29 is 33.6 Å². The van der Waals surface area contributed by atoms with Gasteiger partial charge in [-0.25, -0.2) is 0 Å². The van der Waals surface area contributed by atoms with E-state index in [1.165, 1.54) is 12.0 Å². The maximum atomic E-state index is 13.3. The lowest BCUT2D eigenvalue weighted by atomic mass is 9.95. The number of carbonyl (C=O) groups is 2. The summed E-state index contributed by atoms with van der Waals surface area (Å²) < 4.78 is 21.9. The lowest BCUT2D eigenvalue weighted by Crippen LogP contribution is -2.33. The predicted octanol–water partition coefficient (Wildman–Crippen LogP) is 5.26. The molecule has 3 aromatic carbocycles. The second-order valence-electron chi connectivity index (χ2n) is 8.37. The highest BCUT2D eigenvalue weighted by atomic mass is 35.5. The Morgan fingerprint density at radius 3 is 2.32 bits per heavy atom. The normalized spacial score (nSPS) is 16.4. The van der Waals surface area contributed by atoms with Crippen molar-refractivity contribution in [1.82, 2.24) is 4.90 Å². The van der Waals surface area contributed by atoms with E-state index in [0.717, 1.165) is 0 Å². The number of halogens is 1. The molecule has 4 rings (SSSR count). The van der Waals surface area contributed by atoms with Crippen LogP contribution in [-0.4, -0.2) is 55.7 Å². The van der Waals surface area contributed by atoms with Crippen molar-refractivity contribution in [3.05, 3.63) is 88.5 Å². The summed E-state index contributed by atoms with van der Waals surface area (Å²) >= 11 is 6.21. The molecule has 0 aromatic heterocycles. The van der Waals surface area contributed by atoms with Gasteiger partial charge < -0.3 is 29.0 Å². The quantitative estimate of drug-likeness (QED) is 0.214. The van der Waals surface area contributed by atoms with Crippen molar-refractivity contribution in [2.75, 3.05) is 34.0 Å². The van der Waals surface area contributed by atoms with Crippen LogP contribution in [0.15, 0.2) is 72.3 Å². The summed E-state index contributed by atoms with van der Waals surface area (Å²) in [6, 6.07) is 17.9. The minimum atomic E-state index is -0.865. The smallest absolute Gasteiger partial charge is 0.295 e. The molecular weight excluding hydrogens is 510 g/mol. The average molecular weight is 538 g/mol. The van der Waals surface area contributed by atoms with Gasteiger partial charge in [0.1, 0.15) is 35.4 Å². The van der Waals surface area contributed by atoms with Gasteiger partial charge in [0.15, 0.2) is 0 Å². The molecule has 0 bridgehead atoms. The fraction of sp³-hybridized carbons (Fsp3) is 0.241. The molecule has 0 spiro atoms. The van der Waals surface area contributed by atoms with Gasteiger partial charge in [-0.05, 0) is 67.1 Å². The third kappa shape index (κ3) is 5.55. The van der Waals surface area contributed by atoms with E-state index in [1.54, 1.807) is 73.8 Å². The molecule has 1 amide bonds. The number of rotatable bonds is 10. The number of hydrogen-bond donors (Lipinski definition) is 1. The molecule has 1 aliphatic rings. The number of hydrogen-bond acceptors (Lipinski definition) is 7. The average Bonchev–Trinajstić information content (AvgIpc) is 3.19. The van der Waals surface area contributed by atoms with Gasteiger partial charge in [0.2, 0.25) is 0 Å². The van der Waals surface area contributed by atoms with Crippen molar-refractivity contribution in [2.24, 2.45) is 0 Å². The highest BCUT2D eigenvalue weighted by Gasteiger charge is 2.46. The van der Waals surface area contributed by atoms with Crippen molar-refractivity contribution in [2.45, 2.75) is 13.0 Å². The van der Waals surface area contributed by atoms with Gasteiger partial charge in [-0.2, -0.15) is 0 Å². The molecule has 0 radical (unpaired) electrons. The number of nitrogens with zero attached hydrogens (tertiary/aromatic N) is 1. The molecule has 198 valence electrons. The molecule has 8 nitrogen and oxygen atoms in total. The first-order valence-corrected chi connectivity index (χ1v) is 12.4. The molecule has 1 heterocycles. The number of ether oxygens (including phenoxy) is 4. The van der Waals surface area contributed by atoms with Gasteiger partial charge >= 0.3 is 0 Å². The number of likely N-dealkylation sites (tertiary alicyclic amines) is 1. The van der Waals surface area contributed by atoms with Crippen molar-refractivity contribution >= 4 is 29.1 Å². The lowest BCUT2D eigenvalue weighted by Gasteiger charge is -2.25. The van der Waals surface area contributed by atoms with Gasteiger partial charge in [-0.15, -0.1) is 0 Å². The van der Waals surface area contributed by atoms with Gasteiger partial charge in [-0.1, -0.05) is 23.7 Å². The Balaban J connectivity index is 1.71. The summed E-state index contributed by atoms with van der Waals surface area (Å²) in [5, 5.41) is 11.7. The molecule has 1 fully saturated rings. The number of aliphatic hydroxyl groups excluding tert-OH is 1. The Labute approximate surface area is 225 Å². The zero-order valence-corrected chi connectivity index (χ0v) is 22.0. The van der Waals surface area contributed by atoms with Crippen LogP contribution < -0.4 is 18.9 Å². The summed E-state index contributed by atoms with van der Waals surface area (Å²) in [5.74, 6) is 0.323. The maximum Gasteiger partial charge on any atom is 0.295 e. The number of aliphatic hydroxyl groups is 1. The molecule has 38 heavy (non-hydrogen) atoms. The van der Waals surface area contributed by atoms with E-state index >= 15 is 0 Å². The minimum Gasteiger partial charge on any atom is -0.507 e. The van der Waals surface area contributed by atoms with E-state index in [9.17, 15) is 14.7 Å². The Morgan fingerprint density at radius 1 is 0.921 bits per heavy atom. The van der Waals surface area contributed by atoms with Gasteiger partial charge in [0, 0.05) is 5.56 Å². The number of Topliss-reactive ketones (excluding diaryl/α,β-unsaturated/α-hetero) is 1. The third-order valence-corrected chi connectivity index (χ3v) is 6.43. The van der Waals surface area contributed by atoms with E-state index in [0.29, 0.717) is 45.8 Å². The number of amides is 1. The molecular formula is C29H28ClNO7. The van der Waals surface area contributed by atoms with Crippen LogP contribution in [0.3, 0.4) is 0 Å². The highest BCUT2D eigenvalue weighted by molar-refractivity contribution is 6.46. The molecule has 1 aliphatic heterocycles. The molecule has 1 N–H and O–H groups in total. The van der Waals surface area contributed by atoms with Gasteiger partial charge in [0.05, 0.1) is 44.0 Å². The first kappa shape index (κ1) is 26.9. The van der Waals surface area contributed by atoms with E-state index < -0.39 is 17.7 Å². The van der Waals surface area contributed by atoms with Crippen LogP contribution in [0.5, 0.6) is 23.0 Å². The number of methoxy groups -OCH3 is 2. The molecule has 3 aromatic rings. The molecule has 9 heteroatoms. The first-order chi connectivity index (χ1) is 18.4. The lowest BCUT2D eigenvalue weighted by molar-refractivity contribution is -0.140. The summed E-state index contributed by atoms with van der Waals surface area (Å²) in [6.45, 7) is 2.40. The largest absolute Gasteiger partial charge is 0.507 e. The van der Waals surface area contributed by atoms with E-state index in [-0.39, 0.29) is 24.5 Å². The Morgan fingerprint density at radius 2 is 1.63 bits per heavy atom. The summed E-state index contributed by atoms with van der Waals surface area (Å²) in [6.07, 6.45) is 0. The van der Waals surface area contributed by atoms with Crippen molar-refractivity contribution in [3.63, 3.8) is 0 Å². The minimum absolute atomic E-state index is 0.0440. The van der Waals surface area contributed by atoms with Crippen LogP contribution in [0.1, 0.15) is 24.1 Å². The van der Waals surface area contributed by atoms with Crippen LogP contribution in [0.4, 0.5) is 0 Å². The third-order valence-electron chi connectivity index (χ3n) is 6.11. The Hall–Kier alpha value is -4.17. The van der Waals surface area contributed by atoms with Crippen LogP contribution in [0, 0.1) is 0 Å². The zero-order valence-electron chi connectivity index (χ0n) is 21.3. The van der Waals surface area contributed by atoms with E-state index in [2.05, 4.69) is 0 Å². The highest BCUT2D eigenvalue weighted by Crippen LogP contribution is 2.41. The van der Waals surface area contributed by atoms with Crippen molar-refractivity contribution in [3.8, 4) is 23.0 Å². The van der Waals surface area contributed by atoms with Crippen LogP contribution in [0.2, 0.25) is 5.02 Å². The number of ketones is 1. The monoisotopic (exact) mass is 537 g/mol. The van der Waals surface area contributed by atoms with Crippen molar-refractivity contribution in [1.29, 1.82) is 0 Å².